The van der Waals surface area contributed by atoms with Crippen LogP contribution in [0.25, 0.3) is 11.0 Å². The van der Waals surface area contributed by atoms with Gasteiger partial charge in [0.05, 0.1) is 18.2 Å². The van der Waals surface area contributed by atoms with Crippen molar-refractivity contribution in [1.29, 1.82) is 0 Å². The Labute approximate surface area is 104 Å². The van der Waals surface area contributed by atoms with Crippen LogP contribution in [0.5, 0.6) is 0 Å². The van der Waals surface area contributed by atoms with E-state index < -0.39 is 0 Å². The topological polar surface area (TPSA) is 77.9 Å². The van der Waals surface area contributed by atoms with Crippen molar-refractivity contribution in [3.63, 3.8) is 0 Å². The summed E-state index contributed by atoms with van der Waals surface area (Å²) in [5, 5.41) is 16.8. The Morgan fingerprint density at radius 1 is 1.47 bits per heavy atom. The zero-order valence-corrected chi connectivity index (χ0v) is 10.4. The molecule has 2 aromatic rings. The van der Waals surface area contributed by atoms with E-state index in [1.807, 2.05) is 18.7 Å². The lowest BCUT2D eigenvalue weighted by molar-refractivity contribution is 0.299. The summed E-state index contributed by atoms with van der Waals surface area (Å²) >= 11 is 5.87. The number of anilines is 1. The van der Waals surface area contributed by atoms with Crippen LogP contribution in [0.15, 0.2) is 6.20 Å². The third kappa shape index (κ3) is 2.32. The third-order valence-corrected chi connectivity index (χ3v) is 2.67. The molecule has 0 bridgehead atoms. The molecule has 17 heavy (non-hydrogen) atoms. The van der Waals surface area contributed by atoms with Gasteiger partial charge in [-0.15, -0.1) is 0 Å². The number of rotatable bonds is 4. The fraction of sp³-hybridized carbons (Fsp3) is 0.500. The molecule has 92 valence electrons. The first kappa shape index (κ1) is 12.1. The lowest BCUT2D eigenvalue weighted by atomic mass is 10.2. The van der Waals surface area contributed by atoms with Crippen LogP contribution in [0.4, 0.5) is 5.82 Å². The summed E-state index contributed by atoms with van der Waals surface area (Å²) in [5.41, 5.74) is 0.601. The normalized spacial score (nSPS) is 11.4. The number of hydrogen-bond donors (Lipinski definition) is 2. The molecule has 0 radical (unpaired) electrons. The molecule has 0 saturated carbocycles. The molecule has 0 aliphatic rings. The summed E-state index contributed by atoms with van der Waals surface area (Å²) in [6, 6.07) is 0.200. The number of aromatic nitrogens is 4. The van der Waals surface area contributed by atoms with E-state index in [1.54, 1.807) is 6.20 Å². The summed E-state index contributed by atoms with van der Waals surface area (Å²) in [4.78, 5) is 10.2. The van der Waals surface area contributed by atoms with E-state index >= 15 is 0 Å². The van der Waals surface area contributed by atoms with Gasteiger partial charge in [0.25, 0.3) is 0 Å². The molecule has 2 N–H and O–H groups in total. The second-order valence-electron chi connectivity index (χ2n) is 3.96. The van der Waals surface area contributed by atoms with Gasteiger partial charge in [-0.3, -0.25) is 5.10 Å². The van der Waals surface area contributed by atoms with Crippen LogP contribution in [-0.4, -0.2) is 44.5 Å². The highest BCUT2D eigenvalue weighted by molar-refractivity contribution is 6.28. The Morgan fingerprint density at radius 3 is 2.88 bits per heavy atom. The maximum Gasteiger partial charge on any atom is 0.226 e. The first-order valence-corrected chi connectivity index (χ1v) is 5.75. The molecule has 0 spiro atoms. The number of aliphatic hydroxyl groups is 1. The highest BCUT2D eigenvalue weighted by atomic mass is 35.5. The van der Waals surface area contributed by atoms with Gasteiger partial charge in [-0.2, -0.15) is 15.1 Å². The van der Waals surface area contributed by atoms with Crippen LogP contribution in [0.1, 0.15) is 13.8 Å². The minimum Gasteiger partial charge on any atom is -0.395 e. The Bertz CT molecular complexity index is 512. The number of nitrogens with one attached hydrogen (secondary N) is 1. The lowest BCUT2D eigenvalue weighted by Crippen LogP contribution is -2.34. The molecule has 0 unspecified atom stereocenters. The van der Waals surface area contributed by atoms with Gasteiger partial charge in [0, 0.05) is 12.6 Å². The molecule has 0 atom stereocenters. The van der Waals surface area contributed by atoms with Crippen LogP contribution in [0, 0.1) is 0 Å². The van der Waals surface area contributed by atoms with E-state index in [1.165, 1.54) is 0 Å². The highest BCUT2D eigenvalue weighted by Crippen LogP contribution is 2.25. The molecule has 2 aromatic heterocycles. The number of H-pyrrole nitrogens is 1. The molecular formula is C10H14ClN5O. The van der Waals surface area contributed by atoms with E-state index in [4.69, 9.17) is 16.7 Å². The Balaban J connectivity index is 2.54. The van der Waals surface area contributed by atoms with Crippen LogP contribution in [0.2, 0.25) is 5.28 Å². The third-order valence-electron chi connectivity index (χ3n) is 2.50. The van der Waals surface area contributed by atoms with E-state index in [9.17, 15) is 0 Å². The van der Waals surface area contributed by atoms with Crippen molar-refractivity contribution < 1.29 is 5.11 Å². The number of aromatic amines is 1. The zero-order valence-electron chi connectivity index (χ0n) is 9.68. The van der Waals surface area contributed by atoms with Gasteiger partial charge >= 0.3 is 0 Å². The van der Waals surface area contributed by atoms with Gasteiger partial charge in [-0.05, 0) is 25.4 Å². The first-order valence-electron chi connectivity index (χ1n) is 5.37. The predicted molar refractivity (Wildman–Crippen MR) is 66.3 cm³/mol. The maximum atomic E-state index is 9.10. The van der Waals surface area contributed by atoms with Gasteiger partial charge in [-0.25, -0.2) is 0 Å². The zero-order chi connectivity index (χ0) is 12.4. The fourth-order valence-electron chi connectivity index (χ4n) is 1.73. The van der Waals surface area contributed by atoms with E-state index in [0.29, 0.717) is 18.0 Å². The molecule has 6 nitrogen and oxygen atoms in total. The van der Waals surface area contributed by atoms with Gasteiger partial charge in [0.15, 0.2) is 5.65 Å². The summed E-state index contributed by atoms with van der Waals surface area (Å²) in [6.07, 6.45) is 1.66. The van der Waals surface area contributed by atoms with E-state index in [-0.39, 0.29) is 17.9 Å². The lowest BCUT2D eigenvalue weighted by Gasteiger charge is -2.27. The summed E-state index contributed by atoms with van der Waals surface area (Å²) in [7, 11) is 0. The first-order chi connectivity index (χ1) is 8.13. The number of hydrogen-bond acceptors (Lipinski definition) is 5. The second kappa shape index (κ2) is 4.85. The number of aliphatic hydroxyl groups excluding tert-OH is 1. The molecular weight excluding hydrogens is 242 g/mol. The Hall–Kier alpha value is -1.40. The van der Waals surface area contributed by atoms with Gasteiger partial charge in [0.1, 0.15) is 5.82 Å². The molecule has 2 heterocycles. The minimum atomic E-state index is 0.0547. The van der Waals surface area contributed by atoms with Crippen molar-refractivity contribution in [2.24, 2.45) is 0 Å². The van der Waals surface area contributed by atoms with Crippen molar-refractivity contribution in [3.05, 3.63) is 11.5 Å². The molecule has 7 heteroatoms. The number of halogens is 1. The Kier molecular flexibility index (Phi) is 3.44. The molecule has 0 aliphatic carbocycles. The Morgan fingerprint density at radius 2 is 2.24 bits per heavy atom. The molecule has 0 aromatic carbocycles. The predicted octanol–water partition coefficient (Wildman–Crippen LogP) is 1.21. The summed E-state index contributed by atoms with van der Waals surface area (Å²) in [6.45, 7) is 4.60. The fourth-order valence-corrected chi connectivity index (χ4v) is 1.89. The largest absolute Gasteiger partial charge is 0.395 e. The smallest absolute Gasteiger partial charge is 0.226 e. The minimum absolute atomic E-state index is 0.0547. The average molecular weight is 256 g/mol. The number of fused-ring (bicyclic) bond motifs is 1. The maximum absolute atomic E-state index is 9.10. The monoisotopic (exact) mass is 255 g/mol. The van der Waals surface area contributed by atoms with Crippen LogP contribution >= 0.6 is 11.6 Å². The molecule has 0 fully saturated rings. The van der Waals surface area contributed by atoms with Gasteiger partial charge < -0.3 is 10.0 Å². The van der Waals surface area contributed by atoms with Crippen LogP contribution < -0.4 is 4.90 Å². The molecule has 0 saturated heterocycles. The van der Waals surface area contributed by atoms with E-state index in [0.717, 1.165) is 5.39 Å². The molecule has 0 aliphatic heterocycles. The van der Waals surface area contributed by atoms with Crippen molar-refractivity contribution in [2.45, 2.75) is 19.9 Å². The molecule has 2 rings (SSSR count). The van der Waals surface area contributed by atoms with Crippen molar-refractivity contribution in [3.8, 4) is 0 Å². The van der Waals surface area contributed by atoms with Gasteiger partial charge in [0.2, 0.25) is 5.28 Å². The SMILES string of the molecule is CC(C)N(CCO)c1nc(Cl)nc2[nH]ncc12. The quantitative estimate of drug-likeness (QED) is 0.803. The van der Waals surface area contributed by atoms with Crippen molar-refractivity contribution in [2.75, 3.05) is 18.1 Å². The summed E-state index contributed by atoms with van der Waals surface area (Å²) < 4.78 is 0. The van der Waals surface area contributed by atoms with Gasteiger partial charge in [-0.1, -0.05) is 0 Å². The second-order valence-corrected chi connectivity index (χ2v) is 4.30. The molecule has 0 amide bonds. The van der Waals surface area contributed by atoms with Crippen molar-refractivity contribution in [1.82, 2.24) is 20.2 Å². The average Bonchev–Trinajstić information content (AvgIpc) is 2.72. The van der Waals surface area contributed by atoms with Crippen LogP contribution in [0.3, 0.4) is 0 Å². The standard InChI is InChI=1S/C10H14ClN5O/c1-6(2)16(3-4-17)9-7-5-12-15-8(7)13-10(11)14-9/h5-6,17H,3-4H2,1-2H3,(H,12,13,14,15). The highest BCUT2D eigenvalue weighted by Gasteiger charge is 2.17. The summed E-state index contributed by atoms with van der Waals surface area (Å²) in [5.74, 6) is 0.692. The van der Waals surface area contributed by atoms with Crippen LogP contribution in [-0.2, 0) is 0 Å². The number of nitrogens with zero attached hydrogens (tertiary/aromatic N) is 4. The van der Waals surface area contributed by atoms with E-state index in [2.05, 4.69) is 20.2 Å². The van der Waals surface area contributed by atoms with Crippen molar-refractivity contribution >= 4 is 28.5 Å².